The molecule has 8 heteroatoms. The van der Waals surface area contributed by atoms with Gasteiger partial charge in [-0.1, -0.05) is 0 Å². The SMILES string of the molecule is COc1nc(OC[C@@]23CCCN2C[C@H](F)C3)nc2ncn(C3CCC3)c12. The second kappa shape index (κ2) is 6.04. The Morgan fingerprint density at radius 1 is 1.31 bits per heavy atom. The molecule has 5 rings (SSSR count). The minimum atomic E-state index is -0.769. The number of halogens is 1. The van der Waals surface area contributed by atoms with Gasteiger partial charge in [-0.25, -0.2) is 9.37 Å². The largest absolute Gasteiger partial charge is 0.479 e. The van der Waals surface area contributed by atoms with Crippen LogP contribution in [-0.4, -0.2) is 62.9 Å². The van der Waals surface area contributed by atoms with Gasteiger partial charge in [-0.3, -0.25) is 4.90 Å². The average Bonchev–Trinajstić information content (AvgIpc) is 3.23. The van der Waals surface area contributed by atoms with Gasteiger partial charge in [-0.05, 0) is 38.6 Å². The zero-order valence-corrected chi connectivity index (χ0v) is 15.0. The number of rotatable bonds is 5. The van der Waals surface area contributed by atoms with Crippen LogP contribution in [0.4, 0.5) is 4.39 Å². The molecule has 0 bridgehead atoms. The maximum atomic E-state index is 13.9. The van der Waals surface area contributed by atoms with E-state index in [9.17, 15) is 4.39 Å². The van der Waals surface area contributed by atoms with Gasteiger partial charge in [0.25, 0.3) is 0 Å². The highest BCUT2D eigenvalue weighted by Crippen LogP contribution is 2.40. The highest BCUT2D eigenvalue weighted by molar-refractivity contribution is 5.77. The van der Waals surface area contributed by atoms with Crippen LogP contribution in [-0.2, 0) is 0 Å². The van der Waals surface area contributed by atoms with E-state index in [0.717, 1.165) is 37.7 Å². The van der Waals surface area contributed by atoms with Gasteiger partial charge >= 0.3 is 6.01 Å². The smallest absolute Gasteiger partial charge is 0.321 e. The maximum absolute atomic E-state index is 13.9. The topological polar surface area (TPSA) is 65.3 Å². The van der Waals surface area contributed by atoms with Crippen molar-refractivity contribution in [2.45, 2.75) is 56.3 Å². The van der Waals surface area contributed by atoms with Crippen molar-refractivity contribution < 1.29 is 13.9 Å². The Bertz CT molecular complexity index is 823. The first-order valence-electron chi connectivity index (χ1n) is 9.49. The first-order valence-corrected chi connectivity index (χ1v) is 9.49. The third kappa shape index (κ3) is 2.46. The highest BCUT2D eigenvalue weighted by Gasteiger charge is 2.49. The summed E-state index contributed by atoms with van der Waals surface area (Å²) < 4.78 is 27.5. The summed E-state index contributed by atoms with van der Waals surface area (Å²) in [5, 5.41) is 0. The fraction of sp³-hybridized carbons (Fsp3) is 0.722. The van der Waals surface area contributed by atoms with Crippen LogP contribution in [0.1, 0.15) is 44.6 Å². The molecule has 0 aromatic carbocycles. The number of nitrogens with zero attached hydrogens (tertiary/aromatic N) is 5. The van der Waals surface area contributed by atoms with Crippen molar-refractivity contribution in [1.29, 1.82) is 0 Å². The summed E-state index contributed by atoms with van der Waals surface area (Å²) in [5.74, 6) is 0.491. The van der Waals surface area contributed by atoms with E-state index < -0.39 is 6.17 Å². The minimum Gasteiger partial charge on any atom is -0.479 e. The third-order valence-corrected chi connectivity index (χ3v) is 6.27. The number of fused-ring (bicyclic) bond motifs is 2. The lowest BCUT2D eigenvalue weighted by Gasteiger charge is -2.30. The number of hydrogen-bond acceptors (Lipinski definition) is 6. The molecule has 140 valence electrons. The molecule has 3 aliphatic rings. The van der Waals surface area contributed by atoms with Gasteiger partial charge in [0.15, 0.2) is 11.2 Å². The Kier molecular flexibility index (Phi) is 3.77. The molecule has 1 aliphatic carbocycles. The van der Waals surface area contributed by atoms with Crippen molar-refractivity contribution in [2.24, 2.45) is 0 Å². The lowest BCUT2D eigenvalue weighted by atomic mass is 9.93. The first kappa shape index (κ1) is 16.2. The van der Waals surface area contributed by atoms with Crippen molar-refractivity contribution in [3.8, 4) is 11.9 Å². The molecule has 26 heavy (non-hydrogen) atoms. The van der Waals surface area contributed by atoms with Crippen LogP contribution in [0, 0.1) is 0 Å². The van der Waals surface area contributed by atoms with Crippen LogP contribution in [0.3, 0.4) is 0 Å². The molecule has 2 aromatic heterocycles. The van der Waals surface area contributed by atoms with Crippen molar-refractivity contribution >= 4 is 11.2 Å². The van der Waals surface area contributed by atoms with Crippen molar-refractivity contribution in [1.82, 2.24) is 24.4 Å². The van der Waals surface area contributed by atoms with Gasteiger partial charge in [0.2, 0.25) is 5.88 Å². The minimum absolute atomic E-state index is 0.212. The van der Waals surface area contributed by atoms with Crippen LogP contribution in [0.5, 0.6) is 11.9 Å². The molecule has 2 atom stereocenters. The molecule has 1 saturated carbocycles. The highest BCUT2D eigenvalue weighted by atomic mass is 19.1. The zero-order valence-electron chi connectivity index (χ0n) is 15.0. The second-order valence-electron chi connectivity index (χ2n) is 7.79. The van der Waals surface area contributed by atoms with Crippen molar-refractivity contribution in [3.63, 3.8) is 0 Å². The van der Waals surface area contributed by atoms with E-state index in [1.54, 1.807) is 7.11 Å². The quantitative estimate of drug-likeness (QED) is 0.815. The van der Waals surface area contributed by atoms with Crippen LogP contribution >= 0.6 is 0 Å². The van der Waals surface area contributed by atoms with Crippen LogP contribution < -0.4 is 9.47 Å². The molecule has 2 aliphatic heterocycles. The number of imidazole rings is 1. The predicted octanol–water partition coefficient (Wildman–Crippen LogP) is 2.52. The summed E-state index contributed by atoms with van der Waals surface area (Å²) in [4.78, 5) is 15.6. The summed E-state index contributed by atoms with van der Waals surface area (Å²) in [7, 11) is 1.60. The maximum Gasteiger partial charge on any atom is 0.321 e. The number of ether oxygens (including phenoxy) is 2. The van der Waals surface area contributed by atoms with Crippen LogP contribution in [0.25, 0.3) is 11.2 Å². The Labute approximate surface area is 151 Å². The molecule has 3 fully saturated rings. The first-order chi connectivity index (χ1) is 12.7. The fourth-order valence-corrected chi connectivity index (χ4v) is 4.69. The average molecular weight is 361 g/mol. The molecule has 2 aromatic rings. The molecular weight excluding hydrogens is 337 g/mol. The molecule has 4 heterocycles. The third-order valence-electron chi connectivity index (χ3n) is 6.27. The van der Waals surface area contributed by atoms with Gasteiger partial charge in [0, 0.05) is 19.0 Å². The van der Waals surface area contributed by atoms with E-state index in [4.69, 9.17) is 9.47 Å². The summed E-state index contributed by atoms with van der Waals surface area (Å²) in [6.07, 6.45) is 7.16. The molecule has 0 spiro atoms. The monoisotopic (exact) mass is 361 g/mol. The number of aromatic nitrogens is 4. The Balaban J connectivity index is 1.41. The molecule has 0 N–H and O–H groups in total. The van der Waals surface area contributed by atoms with Gasteiger partial charge in [0.1, 0.15) is 12.8 Å². The van der Waals surface area contributed by atoms with Crippen LogP contribution in [0.15, 0.2) is 6.33 Å². The van der Waals surface area contributed by atoms with E-state index in [2.05, 4.69) is 24.4 Å². The van der Waals surface area contributed by atoms with Crippen molar-refractivity contribution in [2.75, 3.05) is 26.8 Å². The van der Waals surface area contributed by atoms with E-state index in [1.165, 1.54) is 6.42 Å². The van der Waals surface area contributed by atoms with Crippen molar-refractivity contribution in [3.05, 3.63) is 6.33 Å². The Morgan fingerprint density at radius 3 is 2.96 bits per heavy atom. The number of alkyl halides is 1. The fourth-order valence-electron chi connectivity index (χ4n) is 4.69. The van der Waals surface area contributed by atoms with Gasteiger partial charge in [-0.2, -0.15) is 9.97 Å². The van der Waals surface area contributed by atoms with Gasteiger partial charge in [-0.15, -0.1) is 0 Å². The Morgan fingerprint density at radius 2 is 2.19 bits per heavy atom. The van der Waals surface area contributed by atoms with E-state index in [0.29, 0.717) is 37.1 Å². The summed E-state index contributed by atoms with van der Waals surface area (Å²) >= 11 is 0. The van der Waals surface area contributed by atoms with E-state index >= 15 is 0 Å². The predicted molar refractivity (Wildman–Crippen MR) is 93.3 cm³/mol. The van der Waals surface area contributed by atoms with Crippen LogP contribution in [0.2, 0.25) is 0 Å². The molecule has 0 amide bonds. The molecule has 0 radical (unpaired) electrons. The summed E-state index contributed by atoms with van der Waals surface area (Å²) in [6.45, 7) is 1.86. The lowest BCUT2D eigenvalue weighted by molar-refractivity contribution is 0.107. The summed E-state index contributed by atoms with van der Waals surface area (Å²) in [6, 6.07) is 0.715. The molecular formula is C18H24FN5O2. The second-order valence-corrected chi connectivity index (χ2v) is 7.79. The standard InChI is InChI=1S/C18H24FN5O2/c1-25-16-14-15(20-11-24(14)13-4-2-5-13)21-17(22-16)26-10-18-6-3-7-23(18)9-12(19)8-18/h11-13H,2-10H2,1H3/t12-,18+/m1/s1. The molecule has 0 unspecified atom stereocenters. The zero-order chi connectivity index (χ0) is 17.7. The number of hydrogen-bond donors (Lipinski definition) is 0. The normalized spacial score (nSPS) is 29.1. The van der Waals surface area contributed by atoms with E-state index in [-0.39, 0.29) is 11.5 Å². The molecule has 7 nitrogen and oxygen atoms in total. The van der Waals surface area contributed by atoms with Gasteiger partial charge < -0.3 is 14.0 Å². The number of methoxy groups -OCH3 is 1. The summed E-state index contributed by atoms with van der Waals surface area (Å²) in [5.41, 5.74) is 1.21. The molecule has 2 saturated heterocycles. The van der Waals surface area contributed by atoms with E-state index in [1.807, 2.05) is 6.33 Å². The Hall–Kier alpha value is -1.96. The lowest BCUT2D eigenvalue weighted by Crippen LogP contribution is -2.43. The van der Waals surface area contributed by atoms with Gasteiger partial charge in [0.05, 0.1) is 19.0 Å².